The predicted molar refractivity (Wildman–Crippen MR) is 125 cm³/mol. The zero-order valence-corrected chi connectivity index (χ0v) is 17.9. The van der Waals surface area contributed by atoms with Crippen molar-refractivity contribution in [3.8, 4) is 45.3 Å². The molecule has 0 saturated carbocycles. The number of halogens is 1. The average molecular weight is 435 g/mol. The van der Waals surface area contributed by atoms with E-state index in [1.165, 1.54) is 30.3 Å². The van der Waals surface area contributed by atoms with Crippen LogP contribution in [-0.4, -0.2) is 20.4 Å². The number of phenolic OH excluding ortho intramolecular Hbond substituents is 4. The fraction of sp³-hybridized carbons (Fsp3) is 0.0769. The summed E-state index contributed by atoms with van der Waals surface area (Å²) < 4.78 is 0. The highest BCUT2D eigenvalue weighted by Crippen LogP contribution is 2.35. The second-order valence-electron chi connectivity index (χ2n) is 7.18. The summed E-state index contributed by atoms with van der Waals surface area (Å²) in [6, 6.07) is 22.1. The van der Waals surface area contributed by atoms with Gasteiger partial charge in [-0.2, -0.15) is 0 Å². The topological polar surface area (TPSA) is 80.9 Å². The van der Waals surface area contributed by atoms with Crippen LogP contribution in [0.5, 0.6) is 23.0 Å². The molecule has 31 heavy (non-hydrogen) atoms. The third-order valence-corrected chi connectivity index (χ3v) is 5.11. The van der Waals surface area contributed by atoms with Crippen molar-refractivity contribution in [2.75, 3.05) is 0 Å². The molecule has 0 aliphatic heterocycles. The fourth-order valence-electron chi connectivity index (χ4n) is 3.28. The molecule has 0 amide bonds. The molecule has 158 valence electrons. The second-order valence-corrected chi connectivity index (χ2v) is 7.61. The van der Waals surface area contributed by atoms with Gasteiger partial charge in [0.1, 0.15) is 23.0 Å². The van der Waals surface area contributed by atoms with Crippen LogP contribution in [-0.2, 0) is 0 Å². The highest BCUT2D eigenvalue weighted by Gasteiger charge is 2.09. The first-order chi connectivity index (χ1) is 14.8. The minimum atomic E-state index is 0.127. The van der Waals surface area contributed by atoms with E-state index in [9.17, 15) is 20.4 Å². The molecule has 0 aliphatic rings. The van der Waals surface area contributed by atoms with Crippen molar-refractivity contribution >= 4 is 11.6 Å². The largest absolute Gasteiger partial charge is 0.508 e. The number of hydrogen-bond donors (Lipinski definition) is 4. The van der Waals surface area contributed by atoms with Crippen LogP contribution in [0.15, 0.2) is 78.9 Å². The van der Waals surface area contributed by atoms with Crippen molar-refractivity contribution in [3.63, 3.8) is 0 Å². The van der Waals surface area contributed by atoms with Crippen molar-refractivity contribution in [2.45, 2.75) is 13.8 Å². The average Bonchev–Trinajstić information content (AvgIpc) is 2.73. The summed E-state index contributed by atoms with van der Waals surface area (Å²) in [6.45, 7) is 3.88. The van der Waals surface area contributed by atoms with Crippen molar-refractivity contribution in [1.82, 2.24) is 0 Å². The van der Waals surface area contributed by atoms with Crippen LogP contribution in [0.3, 0.4) is 0 Å². The van der Waals surface area contributed by atoms with Gasteiger partial charge in [0.05, 0.1) is 0 Å². The van der Waals surface area contributed by atoms with E-state index in [1.54, 1.807) is 12.1 Å². The lowest BCUT2D eigenvalue weighted by Crippen LogP contribution is -1.84. The van der Waals surface area contributed by atoms with Gasteiger partial charge in [-0.25, -0.2) is 0 Å². The van der Waals surface area contributed by atoms with E-state index >= 15 is 0 Å². The highest BCUT2D eigenvalue weighted by atomic mass is 35.5. The van der Waals surface area contributed by atoms with E-state index in [2.05, 4.69) is 0 Å². The van der Waals surface area contributed by atoms with Crippen LogP contribution in [0.4, 0.5) is 0 Å². The number of aryl methyl sites for hydroxylation is 2. The third kappa shape index (κ3) is 5.30. The molecular weight excluding hydrogens is 412 g/mol. The van der Waals surface area contributed by atoms with Crippen molar-refractivity contribution in [2.24, 2.45) is 0 Å². The van der Waals surface area contributed by atoms with Gasteiger partial charge >= 0.3 is 0 Å². The van der Waals surface area contributed by atoms with Crippen molar-refractivity contribution in [1.29, 1.82) is 0 Å². The Hall–Kier alpha value is -3.63. The van der Waals surface area contributed by atoms with Crippen molar-refractivity contribution < 1.29 is 20.4 Å². The van der Waals surface area contributed by atoms with Crippen LogP contribution in [0.2, 0.25) is 5.02 Å². The molecule has 0 bridgehead atoms. The number of benzene rings is 4. The molecule has 4 N–H and O–H groups in total. The Kier molecular flexibility index (Phi) is 6.73. The Morgan fingerprint density at radius 2 is 1.03 bits per heavy atom. The normalized spacial score (nSPS) is 10.3. The zero-order chi connectivity index (χ0) is 22.5. The molecule has 4 aromatic rings. The van der Waals surface area contributed by atoms with Gasteiger partial charge in [0.15, 0.2) is 0 Å². The van der Waals surface area contributed by atoms with E-state index in [4.69, 9.17) is 11.6 Å². The van der Waals surface area contributed by atoms with Gasteiger partial charge in [-0.3, -0.25) is 0 Å². The molecule has 4 rings (SSSR count). The molecule has 0 atom stereocenters. The molecule has 0 heterocycles. The zero-order valence-electron chi connectivity index (χ0n) is 17.2. The summed E-state index contributed by atoms with van der Waals surface area (Å²) in [5.74, 6) is 0.610. The Morgan fingerprint density at radius 1 is 0.516 bits per heavy atom. The highest BCUT2D eigenvalue weighted by molar-refractivity contribution is 6.30. The predicted octanol–water partition coefficient (Wildman–Crippen LogP) is 6.80. The quantitative estimate of drug-likeness (QED) is 0.261. The SMILES string of the molecule is Cc1cc(Cl)ccc1-c1cc(O)ccc1O.Cc1ccccc1-c1cc(O)ccc1O. The molecule has 0 saturated heterocycles. The molecule has 0 aliphatic carbocycles. The van der Waals surface area contributed by atoms with E-state index in [0.717, 1.165) is 22.3 Å². The third-order valence-electron chi connectivity index (χ3n) is 4.87. The standard InChI is InChI=1S/C13H11ClO2.C13H12O2/c1-8-6-9(14)2-4-11(8)12-7-10(15)3-5-13(12)16;1-9-4-2-3-5-11(9)12-8-10(14)6-7-13(12)15/h2-7,15-16H,1H3;2-8,14-15H,1H3. The van der Waals surface area contributed by atoms with Crippen LogP contribution >= 0.6 is 11.6 Å². The molecule has 4 aromatic carbocycles. The van der Waals surface area contributed by atoms with Crippen LogP contribution in [0.1, 0.15) is 11.1 Å². The van der Waals surface area contributed by atoms with Gasteiger partial charge < -0.3 is 20.4 Å². The van der Waals surface area contributed by atoms with Gasteiger partial charge in [0, 0.05) is 16.1 Å². The van der Waals surface area contributed by atoms with Gasteiger partial charge in [-0.05, 0) is 84.6 Å². The summed E-state index contributed by atoms with van der Waals surface area (Å²) in [7, 11) is 0. The maximum absolute atomic E-state index is 9.74. The van der Waals surface area contributed by atoms with E-state index in [-0.39, 0.29) is 23.0 Å². The van der Waals surface area contributed by atoms with Crippen LogP contribution in [0, 0.1) is 13.8 Å². The first kappa shape index (κ1) is 22.1. The van der Waals surface area contributed by atoms with Crippen LogP contribution in [0.25, 0.3) is 22.3 Å². The van der Waals surface area contributed by atoms with E-state index in [0.29, 0.717) is 16.1 Å². The molecule has 0 aromatic heterocycles. The molecule has 4 nitrogen and oxygen atoms in total. The van der Waals surface area contributed by atoms with E-state index in [1.807, 2.05) is 50.2 Å². The lowest BCUT2D eigenvalue weighted by molar-refractivity contribution is 0.462. The number of rotatable bonds is 2. The lowest BCUT2D eigenvalue weighted by atomic mass is 9.99. The smallest absolute Gasteiger partial charge is 0.123 e. The number of hydrogen-bond acceptors (Lipinski definition) is 4. The number of phenols is 4. The van der Waals surface area contributed by atoms with E-state index < -0.39 is 0 Å². The van der Waals surface area contributed by atoms with Gasteiger partial charge in [0.25, 0.3) is 0 Å². The first-order valence-corrected chi connectivity index (χ1v) is 10.0. The van der Waals surface area contributed by atoms with Gasteiger partial charge in [-0.1, -0.05) is 41.9 Å². The monoisotopic (exact) mass is 434 g/mol. The first-order valence-electron chi connectivity index (χ1n) is 9.62. The molecule has 0 radical (unpaired) electrons. The van der Waals surface area contributed by atoms with Gasteiger partial charge in [0.2, 0.25) is 0 Å². The molecule has 0 spiro atoms. The summed E-state index contributed by atoms with van der Waals surface area (Å²) in [5.41, 5.74) is 5.08. The molecule has 0 unspecified atom stereocenters. The lowest BCUT2D eigenvalue weighted by Gasteiger charge is -2.09. The Balaban J connectivity index is 0.000000176. The molecule has 0 fully saturated rings. The number of aromatic hydroxyl groups is 4. The minimum Gasteiger partial charge on any atom is -0.508 e. The maximum Gasteiger partial charge on any atom is 0.123 e. The molecular formula is C26H23ClO4. The minimum absolute atomic E-state index is 0.127. The maximum atomic E-state index is 9.74. The Morgan fingerprint density at radius 3 is 1.55 bits per heavy atom. The fourth-order valence-corrected chi connectivity index (χ4v) is 3.51. The van der Waals surface area contributed by atoms with Crippen molar-refractivity contribution in [3.05, 3.63) is 95.0 Å². The summed E-state index contributed by atoms with van der Waals surface area (Å²) in [4.78, 5) is 0. The summed E-state index contributed by atoms with van der Waals surface area (Å²) >= 11 is 5.86. The van der Waals surface area contributed by atoms with Gasteiger partial charge in [-0.15, -0.1) is 0 Å². The summed E-state index contributed by atoms with van der Waals surface area (Å²) in [6.07, 6.45) is 0. The second kappa shape index (κ2) is 9.45. The Labute approximate surface area is 186 Å². The van der Waals surface area contributed by atoms with Crippen LogP contribution < -0.4 is 0 Å². The molecule has 5 heteroatoms. The Bertz CT molecular complexity index is 1220. The summed E-state index contributed by atoms with van der Waals surface area (Å²) in [5, 5.41) is 38.9.